The van der Waals surface area contributed by atoms with E-state index in [0.717, 1.165) is 29.1 Å². The fraction of sp³-hybridized carbons (Fsp3) is 0.273. The summed E-state index contributed by atoms with van der Waals surface area (Å²) in [5.74, 6) is -0.965. The Balaban J connectivity index is 1.70. The van der Waals surface area contributed by atoms with E-state index in [4.69, 9.17) is 5.10 Å². The Bertz CT molecular complexity index is 949. The number of hydrogen-bond acceptors (Lipinski definition) is 3. The first-order valence-corrected chi connectivity index (χ1v) is 9.27. The second-order valence-electron chi connectivity index (χ2n) is 7.16. The third kappa shape index (κ3) is 3.64. The van der Waals surface area contributed by atoms with E-state index < -0.39 is 5.97 Å². The van der Waals surface area contributed by atoms with E-state index in [-0.39, 0.29) is 5.92 Å². The summed E-state index contributed by atoms with van der Waals surface area (Å²) in [6.45, 7) is 4.21. The van der Waals surface area contributed by atoms with Crippen molar-refractivity contribution in [2.75, 3.05) is 13.1 Å². The van der Waals surface area contributed by atoms with Crippen LogP contribution >= 0.6 is 0 Å². The smallest absolute Gasteiger partial charge is 0.307 e. The summed E-state index contributed by atoms with van der Waals surface area (Å²) in [4.78, 5) is 13.5. The molecular formula is C22H23N3O2. The molecule has 5 nitrogen and oxygen atoms in total. The molecule has 4 rings (SSSR count). The molecule has 1 aliphatic heterocycles. The highest BCUT2D eigenvalue weighted by Crippen LogP contribution is 2.29. The maximum Gasteiger partial charge on any atom is 0.307 e. The third-order valence-corrected chi connectivity index (χ3v) is 5.23. The van der Waals surface area contributed by atoms with Crippen LogP contribution in [0.25, 0.3) is 16.9 Å². The van der Waals surface area contributed by atoms with Crippen LogP contribution in [0.2, 0.25) is 0 Å². The third-order valence-electron chi connectivity index (χ3n) is 5.23. The molecule has 0 bridgehead atoms. The molecule has 1 fully saturated rings. The minimum absolute atomic E-state index is 0.268. The second-order valence-corrected chi connectivity index (χ2v) is 7.16. The van der Waals surface area contributed by atoms with Crippen molar-refractivity contribution in [3.8, 4) is 16.9 Å². The number of carboxylic acid groups (broad SMARTS) is 1. The van der Waals surface area contributed by atoms with Gasteiger partial charge in [0.1, 0.15) is 0 Å². The molecule has 27 heavy (non-hydrogen) atoms. The van der Waals surface area contributed by atoms with E-state index in [9.17, 15) is 9.90 Å². The highest BCUT2D eigenvalue weighted by atomic mass is 16.4. The number of carboxylic acids is 1. The quantitative estimate of drug-likeness (QED) is 0.752. The fourth-order valence-corrected chi connectivity index (χ4v) is 3.72. The molecule has 138 valence electrons. The Morgan fingerprint density at radius 2 is 1.89 bits per heavy atom. The molecule has 2 heterocycles. The molecule has 1 unspecified atom stereocenters. The van der Waals surface area contributed by atoms with Gasteiger partial charge in [0.2, 0.25) is 0 Å². The van der Waals surface area contributed by atoms with E-state index >= 15 is 0 Å². The van der Waals surface area contributed by atoms with Crippen molar-refractivity contribution in [1.82, 2.24) is 14.7 Å². The van der Waals surface area contributed by atoms with Crippen LogP contribution in [0.3, 0.4) is 0 Å². The zero-order valence-corrected chi connectivity index (χ0v) is 15.4. The fourth-order valence-electron chi connectivity index (χ4n) is 3.72. The average Bonchev–Trinajstić information content (AvgIpc) is 3.31. The molecule has 1 N–H and O–H groups in total. The summed E-state index contributed by atoms with van der Waals surface area (Å²) in [5, 5.41) is 14.2. The van der Waals surface area contributed by atoms with Crippen LogP contribution < -0.4 is 0 Å². The lowest BCUT2D eigenvalue weighted by molar-refractivity contribution is -0.141. The summed E-state index contributed by atoms with van der Waals surface area (Å²) < 4.78 is 1.92. The monoisotopic (exact) mass is 361 g/mol. The second kappa shape index (κ2) is 7.37. The number of benzene rings is 2. The number of para-hydroxylation sites is 1. The molecule has 3 aromatic rings. The number of rotatable bonds is 5. The number of aliphatic carboxylic acids is 1. The van der Waals surface area contributed by atoms with E-state index in [1.54, 1.807) is 0 Å². The number of likely N-dealkylation sites (tertiary alicyclic amines) is 1. The van der Waals surface area contributed by atoms with Crippen LogP contribution in [-0.4, -0.2) is 38.8 Å². The van der Waals surface area contributed by atoms with Crippen LogP contribution in [0.5, 0.6) is 0 Å². The Labute approximate surface area is 158 Å². The van der Waals surface area contributed by atoms with Gasteiger partial charge in [0, 0.05) is 30.4 Å². The molecule has 0 saturated carbocycles. The Hall–Kier alpha value is -2.92. The maximum atomic E-state index is 11.3. The topological polar surface area (TPSA) is 58.4 Å². The van der Waals surface area contributed by atoms with Crippen molar-refractivity contribution in [3.05, 3.63) is 71.9 Å². The van der Waals surface area contributed by atoms with Gasteiger partial charge in [-0.05, 0) is 37.6 Å². The predicted octanol–water partition coefficient (Wildman–Crippen LogP) is 3.75. The number of aromatic nitrogens is 2. The van der Waals surface area contributed by atoms with Crippen molar-refractivity contribution in [3.63, 3.8) is 0 Å². The van der Waals surface area contributed by atoms with Crippen molar-refractivity contribution in [1.29, 1.82) is 0 Å². The molecule has 1 atom stereocenters. The largest absolute Gasteiger partial charge is 0.481 e. The van der Waals surface area contributed by atoms with Crippen LogP contribution in [0.4, 0.5) is 0 Å². The lowest BCUT2D eigenvalue weighted by Gasteiger charge is -2.15. The van der Waals surface area contributed by atoms with Gasteiger partial charge in [-0.25, -0.2) is 4.68 Å². The van der Waals surface area contributed by atoms with Gasteiger partial charge in [-0.1, -0.05) is 42.5 Å². The summed E-state index contributed by atoms with van der Waals surface area (Å²) in [5.41, 5.74) is 5.41. The van der Waals surface area contributed by atoms with E-state index in [0.29, 0.717) is 19.5 Å². The Morgan fingerprint density at radius 1 is 1.15 bits per heavy atom. The normalized spacial score (nSPS) is 17.3. The standard InChI is InChI=1S/C22H23N3O2/c1-16-7-5-6-10-20(16)21-18(14-24-12-11-17(13-24)22(26)27)15-25(23-21)19-8-3-2-4-9-19/h2-10,15,17H,11-14H2,1H3,(H,26,27). The van der Waals surface area contributed by atoms with Gasteiger partial charge < -0.3 is 5.11 Å². The summed E-state index contributed by atoms with van der Waals surface area (Å²) >= 11 is 0. The first-order valence-electron chi connectivity index (χ1n) is 9.27. The number of hydrogen-bond donors (Lipinski definition) is 1. The van der Waals surface area contributed by atoms with Gasteiger partial charge in [0.05, 0.1) is 17.3 Å². The lowest BCUT2D eigenvalue weighted by Crippen LogP contribution is -2.22. The molecule has 0 amide bonds. The molecule has 0 spiro atoms. The SMILES string of the molecule is Cc1ccccc1-c1nn(-c2ccccc2)cc1CN1CCC(C(=O)O)C1. The predicted molar refractivity (Wildman–Crippen MR) is 105 cm³/mol. The van der Waals surface area contributed by atoms with E-state index in [2.05, 4.69) is 30.2 Å². The zero-order chi connectivity index (χ0) is 18.8. The number of aryl methyl sites for hydroxylation is 1. The van der Waals surface area contributed by atoms with Crippen molar-refractivity contribution < 1.29 is 9.90 Å². The van der Waals surface area contributed by atoms with Gasteiger partial charge in [-0.15, -0.1) is 0 Å². The zero-order valence-electron chi connectivity index (χ0n) is 15.4. The summed E-state index contributed by atoms with van der Waals surface area (Å²) in [6.07, 6.45) is 2.78. The summed E-state index contributed by atoms with van der Waals surface area (Å²) in [6, 6.07) is 18.3. The van der Waals surface area contributed by atoms with Gasteiger partial charge >= 0.3 is 5.97 Å². The van der Waals surface area contributed by atoms with Crippen molar-refractivity contribution in [2.45, 2.75) is 19.9 Å². The van der Waals surface area contributed by atoms with Crippen LogP contribution in [0, 0.1) is 12.8 Å². The Kier molecular flexibility index (Phi) is 4.77. The van der Waals surface area contributed by atoms with Gasteiger partial charge in [0.25, 0.3) is 0 Å². The van der Waals surface area contributed by atoms with Gasteiger partial charge in [-0.2, -0.15) is 5.10 Å². The molecule has 5 heteroatoms. The van der Waals surface area contributed by atoms with E-state index in [1.807, 2.05) is 47.1 Å². The molecule has 0 radical (unpaired) electrons. The van der Waals surface area contributed by atoms with Crippen LogP contribution in [-0.2, 0) is 11.3 Å². The van der Waals surface area contributed by atoms with Crippen LogP contribution in [0.15, 0.2) is 60.8 Å². The maximum absolute atomic E-state index is 11.3. The minimum Gasteiger partial charge on any atom is -0.481 e. The Morgan fingerprint density at radius 3 is 2.59 bits per heavy atom. The molecule has 1 aromatic heterocycles. The van der Waals surface area contributed by atoms with Crippen LogP contribution in [0.1, 0.15) is 17.5 Å². The lowest BCUT2D eigenvalue weighted by atomic mass is 10.0. The first kappa shape index (κ1) is 17.5. The molecular weight excluding hydrogens is 338 g/mol. The number of nitrogens with zero attached hydrogens (tertiary/aromatic N) is 3. The molecule has 0 aliphatic carbocycles. The first-order chi connectivity index (χ1) is 13.1. The van der Waals surface area contributed by atoms with Crippen molar-refractivity contribution >= 4 is 5.97 Å². The number of carbonyl (C=O) groups is 1. The van der Waals surface area contributed by atoms with Gasteiger partial charge in [0.15, 0.2) is 0 Å². The highest BCUT2D eigenvalue weighted by molar-refractivity contribution is 5.70. The molecule has 2 aromatic carbocycles. The highest BCUT2D eigenvalue weighted by Gasteiger charge is 2.29. The minimum atomic E-state index is -0.698. The van der Waals surface area contributed by atoms with Gasteiger partial charge in [-0.3, -0.25) is 9.69 Å². The van der Waals surface area contributed by atoms with Crippen molar-refractivity contribution in [2.24, 2.45) is 5.92 Å². The molecule has 1 saturated heterocycles. The van der Waals surface area contributed by atoms with E-state index in [1.165, 1.54) is 5.56 Å². The average molecular weight is 361 g/mol. The summed E-state index contributed by atoms with van der Waals surface area (Å²) in [7, 11) is 0. The molecule has 1 aliphatic rings.